The number of nitrogen functional groups attached to an aromatic ring is 1. The lowest BCUT2D eigenvalue weighted by Crippen LogP contribution is -2.18. The van der Waals surface area contributed by atoms with Crippen molar-refractivity contribution in [3.8, 4) is 22.4 Å². The van der Waals surface area contributed by atoms with Gasteiger partial charge in [-0.1, -0.05) is 30.3 Å². The molecule has 4 rings (SSSR count). The molecule has 9 heteroatoms. The van der Waals surface area contributed by atoms with Crippen LogP contribution in [0.25, 0.3) is 22.4 Å². The van der Waals surface area contributed by atoms with E-state index in [1.165, 1.54) is 0 Å². The van der Waals surface area contributed by atoms with Crippen molar-refractivity contribution in [3.63, 3.8) is 0 Å². The minimum Gasteiger partial charge on any atom is -0.382 e. The summed E-state index contributed by atoms with van der Waals surface area (Å²) < 4.78 is 0. The highest BCUT2D eigenvalue weighted by Gasteiger charge is 2.17. The van der Waals surface area contributed by atoms with Crippen molar-refractivity contribution in [2.24, 2.45) is 0 Å². The first kappa shape index (κ1) is 21.1. The number of hydrogen-bond donors (Lipinski definition) is 3. The van der Waals surface area contributed by atoms with Gasteiger partial charge < -0.3 is 16.3 Å². The third-order valence-electron chi connectivity index (χ3n) is 4.87. The molecule has 8 nitrogen and oxygen atoms in total. The van der Waals surface area contributed by atoms with E-state index < -0.39 is 5.91 Å². The average Bonchev–Trinajstić information content (AvgIpc) is 2.84. The molecular formula is C23H20BN7O. The van der Waals surface area contributed by atoms with E-state index in [1.807, 2.05) is 36.4 Å². The Morgan fingerprint density at radius 3 is 2.53 bits per heavy atom. The lowest BCUT2D eigenvalue weighted by Gasteiger charge is -2.12. The number of amides is 1. The fourth-order valence-corrected chi connectivity index (χ4v) is 3.21. The van der Waals surface area contributed by atoms with Gasteiger partial charge in [0.25, 0.3) is 5.91 Å². The first-order valence-electron chi connectivity index (χ1n) is 9.97. The van der Waals surface area contributed by atoms with Crippen LogP contribution in [-0.2, 0) is 6.42 Å². The topological polar surface area (TPSA) is 119 Å². The Balaban J connectivity index is 1.59. The van der Waals surface area contributed by atoms with Crippen LogP contribution in [0.3, 0.4) is 0 Å². The van der Waals surface area contributed by atoms with Crippen molar-refractivity contribution in [3.05, 3.63) is 84.7 Å². The van der Waals surface area contributed by atoms with Crippen LogP contribution in [0.5, 0.6) is 0 Å². The van der Waals surface area contributed by atoms with Gasteiger partial charge in [0.1, 0.15) is 0 Å². The molecule has 0 aliphatic heterocycles. The summed E-state index contributed by atoms with van der Waals surface area (Å²) in [7, 11) is 5.33. The zero-order chi connectivity index (χ0) is 22.3. The van der Waals surface area contributed by atoms with Gasteiger partial charge in [0.05, 0.1) is 23.8 Å². The minimum absolute atomic E-state index is 0.0416. The van der Waals surface area contributed by atoms with Crippen LogP contribution in [0.2, 0.25) is 0 Å². The number of carbonyl (C=O) groups is 1. The summed E-state index contributed by atoms with van der Waals surface area (Å²) in [5.74, 6) is -0.427. The van der Waals surface area contributed by atoms with Crippen LogP contribution in [-0.4, -0.2) is 40.4 Å². The average molecular weight is 421 g/mol. The number of nitrogens with two attached hydrogens (primary N) is 1. The Morgan fingerprint density at radius 1 is 0.969 bits per heavy atom. The fourth-order valence-electron chi connectivity index (χ4n) is 3.21. The van der Waals surface area contributed by atoms with Crippen LogP contribution in [0, 0.1) is 0 Å². The molecule has 156 valence electrons. The van der Waals surface area contributed by atoms with Gasteiger partial charge in [-0.3, -0.25) is 14.8 Å². The van der Waals surface area contributed by atoms with Crippen molar-refractivity contribution < 1.29 is 4.79 Å². The van der Waals surface area contributed by atoms with Crippen molar-refractivity contribution >= 4 is 25.4 Å². The summed E-state index contributed by atoms with van der Waals surface area (Å²) in [5.41, 5.74) is 10.7. The molecule has 0 unspecified atom stereocenters. The van der Waals surface area contributed by atoms with E-state index in [9.17, 15) is 4.79 Å². The summed E-state index contributed by atoms with van der Waals surface area (Å²) >= 11 is 0. The third kappa shape index (κ3) is 4.79. The summed E-state index contributed by atoms with van der Waals surface area (Å²) in [6, 6.07) is 13.4. The summed E-state index contributed by atoms with van der Waals surface area (Å²) in [6.07, 6.45) is 8.98. The zero-order valence-electron chi connectivity index (χ0n) is 17.2. The molecule has 4 aromatic rings. The van der Waals surface area contributed by atoms with Crippen molar-refractivity contribution in [2.75, 3.05) is 17.6 Å². The molecule has 32 heavy (non-hydrogen) atoms. The summed E-state index contributed by atoms with van der Waals surface area (Å²) in [5, 5.41) is 5.48. The first-order valence-corrected chi connectivity index (χ1v) is 9.97. The van der Waals surface area contributed by atoms with Crippen LogP contribution < -0.4 is 16.3 Å². The Bertz CT molecular complexity index is 1220. The van der Waals surface area contributed by atoms with Gasteiger partial charge in [-0.05, 0) is 30.7 Å². The van der Waals surface area contributed by atoms with E-state index in [-0.39, 0.29) is 11.5 Å². The van der Waals surface area contributed by atoms with Gasteiger partial charge in [0, 0.05) is 35.3 Å². The smallest absolute Gasteiger partial charge is 0.278 e. The number of aromatic nitrogens is 4. The molecule has 0 atom stereocenters. The maximum Gasteiger partial charge on any atom is 0.278 e. The second kappa shape index (κ2) is 9.80. The largest absolute Gasteiger partial charge is 0.382 e. The van der Waals surface area contributed by atoms with E-state index in [0.717, 1.165) is 28.7 Å². The van der Waals surface area contributed by atoms with Crippen molar-refractivity contribution in [1.82, 2.24) is 25.2 Å². The van der Waals surface area contributed by atoms with Crippen LogP contribution >= 0.6 is 0 Å². The Hall–Kier alpha value is -4.11. The van der Waals surface area contributed by atoms with Gasteiger partial charge in [-0.15, -0.1) is 0 Å². The predicted molar refractivity (Wildman–Crippen MR) is 125 cm³/mol. The maximum absolute atomic E-state index is 13.0. The van der Waals surface area contributed by atoms with Crippen LogP contribution in [0.1, 0.15) is 16.1 Å². The van der Waals surface area contributed by atoms with Crippen molar-refractivity contribution in [1.29, 1.82) is 0 Å². The van der Waals surface area contributed by atoms with E-state index in [1.54, 1.807) is 37.1 Å². The minimum atomic E-state index is -0.472. The molecule has 1 aromatic carbocycles. The lowest BCUT2D eigenvalue weighted by atomic mass is 10.1. The number of hydrogen-bond acceptors (Lipinski definition) is 7. The number of benzene rings is 1. The second-order valence-corrected chi connectivity index (χ2v) is 7.01. The number of pyridine rings is 2. The predicted octanol–water partition coefficient (Wildman–Crippen LogP) is 2.65. The maximum atomic E-state index is 13.0. The van der Waals surface area contributed by atoms with Gasteiger partial charge in [0.2, 0.25) is 0 Å². The molecule has 3 heterocycles. The molecule has 0 saturated heterocycles. The van der Waals surface area contributed by atoms with Crippen LogP contribution in [0.4, 0.5) is 11.5 Å². The Kier molecular flexibility index (Phi) is 6.47. The number of nitrogens with zero attached hydrogens (tertiary/aromatic N) is 4. The normalized spacial score (nSPS) is 10.6. The molecular weight excluding hydrogens is 401 g/mol. The highest BCUT2D eigenvalue weighted by Crippen LogP contribution is 2.27. The fraction of sp³-hybridized carbons (Fsp3) is 0.0870. The molecule has 0 aliphatic carbocycles. The van der Waals surface area contributed by atoms with E-state index in [4.69, 9.17) is 13.7 Å². The third-order valence-corrected chi connectivity index (χ3v) is 4.87. The molecule has 0 saturated carbocycles. The first-order chi connectivity index (χ1) is 15.7. The van der Waals surface area contributed by atoms with Gasteiger partial charge in [-0.2, -0.15) is 0 Å². The highest BCUT2D eigenvalue weighted by atomic mass is 16.1. The van der Waals surface area contributed by atoms with E-state index in [0.29, 0.717) is 17.9 Å². The van der Waals surface area contributed by atoms with Crippen molar-refractivity contribution in [2.45, 2.75) is 6.42 Å². The van der Waals surface area contributed by atoms with Gasteiger partial charge in [0.15, 0.2) is 19.5 Å². The lowest BCUT2D eigenvalue weighted by molar-refractivity contribution is 0.102. The monoisotopic (exact) mass is 421 g/mol. The Labute approximate surface area is 186 Å². The standard InChI is InChI=1S/C23H20BN7O/c24-29-11-7-15-3-5-16(6-4-15)19-14-28-22(25)21(30-19)23(32)31-20-13-27-10-8-18(20)17-2-1-9-26-12-17/h1-6,8-10,12-14,29H,7,11H2,(H2,25,28)(H,31,32). The molecule has 0 bridgehead atoms. The molecule has 0 aliphatic rings. The van der Waals surface area contributed by atoms with E-state index in [2.05, 4.69) is 30.5 Å². The molecule has 3 aromatic heterocycles. The number of nitrogens with one attached hydrogen (secondary N) is 2. The zero-order valence-corrected chi connectivity index (χ0v) is 17.2. The molecule has 4 N–H and O–H groups in total. The summed E-state index contributed by atoms with van der Waals surface area (Å²) in [6.45, 7) is 0.681. The molecule has 0 spiro atoms. The molecule has 1 amide bonds. The number of anilines is 2. The number of rotatable bonds is 7. The molecule has 2 radical (unpaired) electrons. The highest BCUT2D eigenvalue weighted by molar-refractivity contribution is 6.07. The number of carbonyl (C=O) groups excluding carboxylic acids is 1. The second-order valence-electron chi connectivity index (χ2n) is 7.01. The quantitative estimate of drug-likeness (QED) is 0.393. The van der Waals surface area contributed by atoms with Gasteiger partial charge in [-0.25, -0.2) is 9.97 Å². The van der Waals surface area contributed by atoms with Crippen LogP contribution in [0.15, 0.2) is 73.4 Å². The summed E-state index contributed by atoms with van der Waals surface area (Å²) in [4.78, 5) is 29.9. The van der Waals surface area contributed by atoms with Gasteiger partial charge >= 0.3 is 0 Å². The van der Waals surface area contributed by atoms with E-state index >= 15 is 0 Å². The Morgan fingerprint density at radius 2 is 1.78 bits per heavy atom. The SMILES string of the molecule is [B]NCCc1ccc(-c2cnc(N)c(C(=O)Nc3cnccc3-c3cccnc3)n2)cc1. The molecule has 0 fully saturated rings.